The van der Waals surface area contributed by atoms with Gasteiger partial charge in [-0.2, -0.15) is 0 Å². The average molecular weight is 295 g/mol. The third-order valence-corrected chi connectivity index (χ3v) is 3.28. The molecule has 0 aliphatic carbocycles. The summed E-state index contributed by atoms with van der Waals surface area (Å²) < 4.78 is 7.12. The van der Waals surface area contributed by atoms with Crippen LogP contribution >= 0.6 is 11.6 Å². The Morgan fingerprint density at radius 2 is 2.20 bits per heavy atom. The minimum Gasteiger partial charge on any atom is -0.496 e. The second-order valence-corrected chi connectivity index (χ2v) is 5.05. The Kier molecular flexibility index (Phi) is 5.38. The maximum atomic E-state index is 6.02. The van der Waals surface area contributed by atoms with E-state index in [2.05, 4.69) is 10.3 Å². The Labute approximate surface area is 123 Å². The summed E-state index contributed by atoms with van der Waals surface area (Å²) in [4.78, 5) is 0. The minimum atomic E-state index is 0.591. The molecule has 2 aromatic rings. The zero-order valence-electron chi connectivity index (χ0n) is 11.6. The number of ether oxygens (including phenoxy) is 1. The molecule has 0 radical (unpaired) electrons. The number of rotatable bonds is 7. The van der Waals surface area contributed by atoms with Crippen LogP contribution in [0.5, 0.6) is 5.75 Å². The normalized spacial score (nSPS) is 10.8. The first kappa shape index (κ1) is 14.8. The second kappa shape index (κ2) is 7.26. The Bertz CT molecular complexity index is 556. The van der Waals surface area contributed by atoms with Crippen LogP contribution in [-0.2, 0) is 13.0 Å². The number of benzene rings is 1. The van der Waals surface area contributed by atoms with Gasteiger partial charge in [-0.1, -0.05) is 16.8 Å². The van der Waals surface area contributed by atoms with Gasteiger partial charge in [0.1, 0.15) is 5.75 Å². The molecule has 1 aromatic carbocycles. The van der Waals surface area contributed by atoms with Gasteiger partial charge in [0.05, 0.1) is 19.3 Å². The number of aromatic nitrogens is 3. The quantitative estimate of drug-likeness (QED) is 0.796. The van der Waals surface area contributed by atoms with Gasteiger partial charge in [0, 0.05) is 16.8 Å². The maximum Gasteiger partial charge on any atom is 0.124 e. The van der Waals surface area contributed by atoms with E-state index in [1.54, 1.807) is 11.8 Å². The first-order valence-corrected chi connectivity index (χ1v) is 7.02. The molecule has 1 heterocycles. The molecule has 0 spiro atoms. The zero-order valence-corrected chi connectivity index (χ0v) is 12.3. The molecule has 2 N–H and O–H groups in total. The van der Waals surface area contributed by atoms with Gasteiger partial charge in [-0.15, -0.1) is 5.10 Å². The largest absolute Gasteiger partial charge is 0.496 e. The van der Waals surface area contributed by atoms with Crippen molar-refractivity contribution in [1.29, 1.82) is 0 Å². The van der Waals surface area contributed by atoms with Crippen molar-refractivity contribution in [3.8, 4) is 5.75 Å². The second-order valence-electron chi connectivity index (χ2n) is 4.61. The van der Waals surface area contributed by atoms with Gasteiger partial charge in [-0.05, 0) is 44.0 Å². The van der Waals surface area contributed by atoms with E-state index in [9.17, 15) is 0 Å². The van der Waals surface area contributed by atoms with E-state index in [4.69, 9.17) is 22.1 Å². The fourth-order valence-corrected chi connectivity index (χ4v) is 2.22. The van der Waals surface area contributed by atoms with E-state index in [-0.39, 0.29) is 0 Å². The molecule has 2 rings (SSSR count). The van der Waals surface area contributed by atoms with Crippen LogP contribution in [0.3, 0.4) is 0 Å². The van der Waals surface area contributed by atoms with Gasteiger partial charge in [0.2, 0.25) is 0 Å². The molecule has 6 heteroatoms. The van der Waals surface area contributed by atoms with Crippen LogP contribution in [0.25, 0.3) is 0 Å². The number of methoxy groups -OCH3 is 1. The molecule has 5 nitrogen and oxygen atoms in total. The lowest BCUT2D eigenvalue weighted by Crippen LogP contribution is -2.02. The Morgan fingerprint density at radius 3 is 2.95 bits per heavy atom. The topological polar surface area (TPSA) is 66.0 Å². The van der Waals surface area contributed by atoms with E-state index in [1.165, 1.54) is 0 Å². The van der Waals surface area contributed by atoms with E-state index in [0.29, 0.717) is 18.1 Å². The predicted octanol–water partition coefficient (Wildman–Crippen LogP) is 2.27. The Hall–Kier alpha value is -1.59. The van der Waals surface area contributed by atoms with E-state index < -0.39 is 0 Å². The number of hydrogen-bond acceptors (Lipinski definition) is 4. The Balaban J connectivity index is 2.04. The number of unbranched alkanes of at least 4 members (excludes halogenated alkanes) is 1. The van der Waals surface area contributed by atoms with Gasteiger partial charge >= 0.3 is 0 Å². The van der Waals surface area contributed by atoms with Crippen molar-refractivity contribution < 1.29 is 4.74 Å². The van der Waals surface area contributed by atoms with Crippen LogP contribution < -0.4 is 10.5 Å². The highest BCUT2D eigenvalue weighted by Gasteiger charge is 2.07. The highest BCUT2D eigenvalue weighted by Crippen LogP contribution is 2.23. The summed E-state index contributed by atoms with van der Waals surface area (Å²) >= 11 is 6.02. The summed E-state index contributed by atoms with van der Waals surface area (Å²) in [6.45, 7) is 1.31. The van der Waals surface area contributed by atoms with Crippen LogP contribution in [0.2, 0.25) is 5.02 Å². The molecule has 0 saturated heterocycles. The summed E-state index contributed by atoms with van der Waals surface area (Å²) in [6, 6.07) is 5.55. The summed E-state index contributed by atoms with van der Waals surface area (Å²) in [5, 5.41) is 8.98. The van der Waals surface area contributed by atoms with Crippen molar-refractivity contribution >= 4 is 11.6 Å². The lowest BCUT2D eigenvalue weighted by atomic mass is 10.2. The van der Waals surface area contributed by atoms with Crippen LogP contribution in [0.4, 0.5) is 0 Å². The molecule has 108 valence electrons. The first-order valence-electron chi connectivity index (χ1n) is 6.64. The van der Waals surface area contributed by atoms with E-state index in [1.807, 2.05) is 24.4 Å². The molecule has 0 saturated carbocycles. The molecule has 0 amide bonds. The van der Waals surface area contributed by atoms with Crippen LogP contribution in [-0.4, -0.2) is 28.6 Å². The van der Waals surface area contributed by atoms with Crippen LogP contribution in [0.1, 0.15) is 24.1 Å². The molecule has 0 aliphatic heterocycles. The SMILES string of the molecule is COc1ccc(Cl)cc1Cn1cc(CCCCN)nn1. The molecular weight excluding hydrogens is 276 g/mol. The summed E-state index contributed by atoms with van der Waals surface area (Å²) in [5.41, 5.74) is 7.45. The highest BCUT2D eigenvalue weighted by atomic mass is 35.5. The lowest BCUT2D eigenvalue weighted by molar-refractivity contribution is 0.407. The molecule has 1 aromatic heterocycles. The Morgan fingerprint density at radius 1 is 1.35 bits per heavy atom. The molecule has 0 atom stereocenters. The summed E-state index contributed by atoms with van der Waals surface area (Å²) in [7, 11) is 1.65. The number of hydrogen-bond donors (Lipinski definition) is 1. The molecule has 0 bridgehead atoms. The van der Waals surface area contributed by atoms with Gasteiger partial charge in [0.25, 0.3) is 0 Å². The lowest BCUT2D eigenvalue weighted by Gasteiger charge is -2.08. The first-order chi connectivity index (χ1) is 9.72. The smallest absolute Gasteiger partial charge is 0.124 e. The van der Waals surface area contributed by atoms with Crippen molar-refractivity contribution in [3.63, 3.8) is 0 Å². The van der Waals surface area contributed by atoms with Gasteiger partial charge in [-0.25, -0.2) is 4.68 Å². The van der Waals surface area contributed by atoms with Crippen molar-refractivity contribution in [3.05, 3.63) is 40.7 Å². The molecule has 0 fully saturated rings. The molecular formula is C14H19ClN4O. The fourth-order valence-electron chi connectivity index (χ4n) is 2.03. The number of aryl methyl sites for hydroxylation is 1. The third-order valence-electron chi connectivity index (χ3n) is 3.05. The molecule has 0 unspecified atom stereocenters. The summed E-state index contributed by atoms with van der Waals surface area (Å²) in [6.07, 6.45) is 4.91. The van der Waals surface area contributed by atoms with Gasteiger partial charge in [0.15, 0.2) is 0 Å². The molecule has 20 heavy (non-hydrogen) atoms. The number of halogens is 1. The zero-order chi connectivity index (χ0) is 14.4. The number of nitrogens with two attached hydrogens (primary N) is 1. The standard InChI is InChI=1S/C14H19ClN4O/c1-20-14-6-5-12(15)8-11(14)9-19-10-13(17-18-19)4-2-3-7-16/h5-6,8,10H,2-4,7,9,16H2,1H3. The fraction of sp³-hybridized carbons (Fsp3) is 0.429. The number of nitrogens with zero attached hydrogens (tertiary/aromatic N) is 3. The van der Waals surface area contributed by atoms with Gasteiger partial charge in [-0.3, -0.25) is 0 Å². The minimum absolute atomic E-state index is 0.591. The van der Waals surface area contributed by atoms with Crippen LogP contribution in [0.15, 0.2) is 24.4 Å². The van der Waals surface area contributed by atoms with Crippen LogP contribution in [0, 0.1) is 0 Å². The highest BCUT2D eigenvalue weighted by molar-refractivity contribution is 6.30. The van der Waals surface area contributed by atoms with E-state index >= 15 is 0 Å². The predicted molar refractivity (Wildman–Crippen MR) is 79.1 cm³/mol. The van der Waals surface area contributed by atoms with Crippen molar-refractivity contribution in [1.82, 2.24) is 15.0 Å². The molecule has 0 aliphatic rings. The van der Waals surface area contributed by atoms with Crippen molar-refractivity contribution in [2.75, 3.05) is 13.7 Å². The van der Waals surface area contributed by atoms with Gasteiger partial charge < -0.3 is 10.5 Å². The average Bonchev–Trinajstić information content (AvgIpc) is 2.87. The monoisotopic (exact) mass is 294 g/mol. The maximum absolute atomic E-state index is 6.02. The summed E-state index contributed by atoms with van der Waals surface area (Å²) in [5.74, 6) is 0.801. The van der Waals surface area contributed by atoms with E-state index in [0.717, 1.165) is 36.3 Å². The third kappa shape index (κ3) is 3.95. The van der Waals surface area contributed by atoms with Crippen molar-refractivity contribution in [2.45, 2.75) is 25.8 Å². The van der Waals surface area contributed by atoms with Crippen molar-refractivity contribution in [2.24, 2.45) is 5.73 Å².